The second-order valence-electron chi connectivity index (χ2n) is 6.14. The molecule has 0 unspecified atom stereocenters. The van der Waals surface area contributed by atoms with Crippen molar-refractivity contribution < 1.29 is 19.5 Å². The van der Waals surface area contributed by atoms with Gasteiger partial charge in [0.25, 0.3) is 0 Å². The molecule has 0 heterocycles. The van der Waals surface area contributed by atoms with Crippen molar-refractivity contribution in [2.45, 2.75) is 31.8 Å². The van der Waals surface area contributed by atoms with E-state index < -0.39 is 24.0 Å². The van der Waals surface area contributed by atoms with Gasteiger partial charge >= 0.3 is 5.97 Å². The number of halogens is 1. The maximum absolute atomic E-state index is 12.7. The summed E-state index contributed by atoms with van der Waals surface area (Å²) in [5.74, 6) is -2.11. The smallest absolute Gasteiger partial charge is 0.326 e. The highest BCUT2D eigenvalue weighted by atomic mass is 35.5. The molecule has 0 radical (unpaired) electrons. The van der Waals surface area contributed by atoms with Crippen LogP contribution in [0.3, 0.4) is 0 Å². The highest BCUT2D eigenvalue weighted by molar-refractivity contribution is 6.31. The number of carbonyl (C=O) groups excluding carboxylic acids is 2. The molecule has 2 amide bonds. The summed E-state index contributed by atoms with van der Waals surface area (Å²) in [6, 6.07) is 14.0. The fraction of sp³-hybridized carbons (Fsp3) is 0.250. The standard InChI is InChI=1S/C20H21ClN2O4/c1-13(24)22-17(11-14-7-3-2-4-8-14)19(25)23-18(20(26)27)12-15-9-5-6-10-16(15)21/h2-10,17-18H,11-12H2,1H3,(H,22,24)(H,23,25)(H,26,27)/t17-,18+/m1/s1. The SMILES string of the molecule is CC(=O)N[C@H](Cc1ccccc1)C(=O)N[C@@H](Cc1ccccc1Cl)C(=O)O. The third kappa shape index (κ3) is 6.42. The summed E-state index contributed by atoms with van der Waals surface area (Å²) in [5.41, 5.74) is 1.47. The third-order valence-corrected chi connectivity index (χ3v) is 4.34. The van der Waals surface area contributed by atoms with Crippen molar-refractivity contribution >= 4 is 29.4 Å². The largest absolute Gasteiger partial charge is 0.480 e. The lowest BCUT2D eigenvalue weighted by Gasteiger charge is -2.21. The van der Waals surface area contributed by atoms with Crippen molar-refractivity contribution in [1.29, 1.82) is 0 Å². The molecule has 0 bridgehead atoms. The average molecular weight is 389 g/mol. The van der Waals surface area contributed by atoms with Gasteiger partial charge in [-0.25, -0.2) is 4.79 Å². The molecule has 0 aliphatic carbocycles. The molecule has 0 saturated carbocycles. The Morgan fingerprint density at radius 2 is 1.56 bits per heavy atom. The number of carboxylic acid groups (broad SMARTS) is 1. The van der Waals surface area contributed by atoms with Crippen LogP contribution in [0.25, 0.3) is 0 Å². The summed E-state index contributed by atoms with van der Waals surface area (Å²) in [4.78, 5) is 35.7. The second-order valence-corrected chi connectivity index (χ2v) is 6.54. The molecule has 0 saturated heterocycles. The molecule has 2 aromatic carbocycles. The van der Waals surface area contributed by atoms with Gasteiger partial charge in [-0.15, -0.1) is 0 Å². The third-order valence-electron chi connectivity index (χ3n) is 3.97. The van der Waals surface area contributed by atoms with Gasteiger partial charge in [0.2, 0.25) is 11.8 Å². The van der Waals surface area contributed by atoms with E-state index in [1.807, 2.05) is 30.3 Å². The van der Waals surface area contributed by atoms with Crippen LogP contribution in [0.15, 0.2) is 54.6 Å². The lowest BCUT2D eigenvalue weighted by molar-refractivity contribution is -0.142. The molecule has 2 atom stereocenters. The van der Waals surface area contributed by atoms with Gasteiger partial charge in [0.05, 0.1) is 0 Å². The van der Waals surface area contributed by atoms with Crippen molar-refractivity contribution in [1.82, 2.24) is 10.6 Å². The zero-order valence-corrected chi connectivity index (χ0v) is 15.6. The minimum atomic E-state index is -1.18. The lowest BCUT2D eigenvalue weighted by atomic mass is 10.0. The molecular formula is C20H21ClN2O4. The van der Waals surface area contributed by atoms with Crippen molar-refractivity contribution in [2.75, 3.05) is 0 Å². The fourth-order valence-corrected chi connectivity index (χ4v) is 2.87. The zero-order valence-electron chi connectivity index (χ0n) is 14.8. The number of aliphatic carboxylic acids is 1. The Hall–Kier alpha value is -2.86. The molecule has 142 valence electrons. The number of benzene rings is 2. The monoisotopic (exact) mass is 388 g/mol. The molecule has 6 nitrogen and oxygen atoms in total. The van der Waals surface area contributed by atoms with Crippen LogP contribution < -0.4 is 10.6 Å². The molecule has 7 heteroatoms. The quantitative estimate of drug-likeness (QED) is 0.646. The van der Waals surface area contributed by atoms with E-state index in [1.54, 1.807) is 24.3 Å². The second kappa shape index (κ2) is 9.73. The van der Waals surface area contributed by atoms with E-state index in [1.165, 1.54) is 6.92 Å². The minimum absolute atomic E-state index is 0.0406. The molecule has 0 aliphatic heterocycles. The number of hydrogen-bond acceptors (Lipinski definition) is 3. The molecule has 27 heavy (non-hydrogen) atoms. The number of hydrogen-bond donors (Lipinski definition) is 3. The summed E-state index contributed by atoms with van der Waals surface area (Å²) < 4.78 is 0. The van der Waals surface area contributed by atoms with Crippen LogP contribution in [-0.2, 0) is 27.2 Å². The first-order valence-corrected chi connectivity index (χ1v) is 8.82. The first kappa shape index (κ1) is 20.5. The van der Waals surface area contributed by atoms with E-state index in [0.29, 0.717) is 10.6 Å². The first-order valence-electron chi connectivity index (χ1n) is 8.44. The summed E-state index contributed by atoms with van der Waals surface area (Å²) in [7, 11) is 0. The Bertz CT molecular complexity index is 811. The topological polar surface area (TPSA) is 95.5 Å². The number of rotatable bonds is 8. The predicted molar refractivity (Wildman–Crippen MR) is 102 cm³/mol. The van der Waals surface area contributed by atoms with E-state index in [0.717, 1.165) is 5.56 Å². The molecular weight excluding hydrogens is 368 g/mol. The Morgan fingerprint density at radius 1 is 0.926 bits per heavy atom. The maximum atomic E-state index is 12.7. The van der Waals surface area contributed by atoms with Crippen LogP contribution in [0.5, 0.6) is 0 Å². The van der Waals surface area contributed by atoms with E-state index in [2.05, 4.69) is 10.6 Å². The summed E-state index contributed by atoms with van der Waals surface area (Å²) in [6.07, 6.45) is 0.295. The minimum Gasteiger partial charge on any atom is -0.480 e. The van der Waals surface area contributed by atoms with Gasteiger partial charge in [-0.1, -0.05) is 60.1 Å². The molecule has 3 N–H and O–H groups in total. The van der Waals surface area contributed by atoms with Gasteiger partial charge in [0, 0.05) is 24.8 Å². The van der Waals surface area contributed by atoms with Crippen molar-refractivity contribution in [3.05, 3.63) is 70.7 Å². The normalized spacial score (nSPS) is 12.7. The van der Waals surface area contributed by atoms with Gasteiger partial charge in [-0.3, -0.25) is 9.59 Å². The van der Waals surface area contributed by atoms with Crippen LogP contribution in [-0.4, -0.2) is 35.0 Å². The van der Waals surface area contributed by atoms with Gasteiger partial charge in [-0.2, -0.15) is 0 Å². The van der Waals surface area contributed by atoms with Crippen LogP contribution in [0.1, 0.15) is 18.1 Å². The van der Waals surface area contributed by atoms with Gasteiger partial charge in [0.1, 0.15) is 12.1 Å². The van der Waals surface area contributed by atoms with E-state index in [-0.39, 0.29) is 18.7 Å². The van der Waals surface area contributed by atoms with Gasteiger partial charge < -0.3 is 15.7 Å². The summed E-state index contributed by atoms with van der Waals surface area (Å²) in [5, 5.41) is 15.0. The lowest BCUT2D eigenvalue weighted by Crippen LogP contribution is -2.52. The average Bonchev–Trinajstić information content (AvgIpc) is 2.62. The molecule has 2 rings (SSSR count). The molecule has 0 aromatic heterocycles. The van der Waals surface area contributed by atoms with E-state index in [4.69, 9.17) is 11.6 Å². The van der Waals surface area contributed by atoms with Crippen molar-refractivity contribution in [3.8, 4) is 0 Å². The Labute approximate surface area is 162 Å². The van der Waals surface area contributed by atoms with Crippen LogP contribution in [0, 0.1) is 0 Å². The Kier molecular flexibility index (Phi) is 7.37. The number of carbonyl (C=O) groups is 3. The van der Waals surface area contributed by atoms with Gasteiger partial charge in [-0.05, 0) is 17.2 Å². The number of nitrogens with one attached hydrogen (secondary N) is 2. The van der Waals surface area contributed by atoms with Gasteiger partial charge in [0.15, 0.2) is 0 Å². The van der Waals surface area contributed by atoms with Crippen LogP contribution in [0.4, 0.5) is 0 Å². The van der Waals surface area contributed by atoms with E-state index in [9.17, 15) is 19.5 Å². The predicted octanol–water partition coefficient (Wildman–Crippen LogP) is 2.20. The highest BCUT2D eigenvalue weighted by Gasteiger charge is 2.26. The molecule has 2 aromatic rings. The molecule has 0 aliphatic rings. The van der Waals surface area contributed by atoms with E-state index >= 15 is 0 Å². The maximum Gasteiger partial charge on any atom is 0.326 e. The zero-order chi connectivity index (χ0) is 19.8. The van der Waals surface area contributed by atoms with Crippen LogP contribution in [0.2, 0.25) is 5.02 Å². The fourth-order valence-electron chi connectivity index (χ4n) is 2.66. The highest BCUT2D eigenvalue weighted by Crippen LogP contribution is 2.17. The number of amides is 2. The Morgan fingerprint density at radius 3 is 2.15 bits per heavy atom. The molecule has 0 spiro atoms. The first-order chi connectivity index (χ1) is 12.9. The van der Waals surface area contributed by atoms with Crippen molar-refractivity contribution in [2.24, 2.45) is 0 Å². The number of carboxylic acids is 1. The van der Waals surface area contributed by atoms with Crippen molar-refractivity contribution in [3.63, 3.8) is 0 Å². The summed E-state index contributed by atoms with van der Waals surface area (Å²) in [6.45, 7) is 1.31. The molecule has 0 fully saturated rings. The Balaban J connectivity index is 2.13. The summed E-state index contributed by atoms with van der Waals surface area (Å²) >= 11 is 6.09. The van der Waals surface area contributed by atoms with Crippen LogP contribution >= 0.6 is 11.6 Å².